The van der Waals surface area contributed by atoms with Crippen molar-refractivity contribution in [3.63, 3.8) is 0 Å². The van der Waals surface area contributed by atoms with Crippen molar-refractivity contribution < 1.29 is 9.21 Å². The minimum Gasteiger partial charge on any atom is -0.467 e. The Hall–Kier alpha value is -1.86. The van der Waals surface area contributed by atoms with E-state index in [0.717, 1.165) is 40.2 Å². The van der Waals surface area contributed by atoms with Gasteiger partial charge < -0.3 is 9.73 Å². The van der Waals surface area contributed by atoms with Crippen molar-refractivity contribution in [3.8, 4) is 0 Å². The molecular formula is C19H21N3O2S2. The standard InChI is InChI=1S/C19H21N3O2S2/c1-11-5-6-14-15(8-11)26-19-17(14)18(21-12(2)22-19)25-10-16(23)20-9-13-4-3-7-24-13/h3-4,7,11H,5-6,8-10H2,1-2H3,(H,20,23)/t11-/m0/s1. The highest BCUT2D eigenvalue weighted by molar-refractivity contribution is 8.00. The highest BCUT2D eigenvalue weighted by atomic mass is 32.2. The number of carbonyl (C=O) groups is 1. The SMILES string of the molecule is Cc1nc(SCC(=O)NCc2ccco2)c2c3c(sc2n1)C[C@@H](C)CC3. The summed E-state index contributed by atoms with van der Waals surface area (Å²) in [5.41, 5.74) is 1.40. The van der Waals surface area contributed by atoms with Crippen LogP contribution in [-0.4, -0.2) is 21.6 Å². The van der Waals surface area contributed by atoms with Crippen molar-refractivity contribution in [2.75, 3.05) is 5.75 Å². The molecule has 0 saturated heterocycles. The second-order valence-electron chi connectivity index (χ2n) is 6.75. The van der Waals surface area contributed by atoms with Crippen LogP contribution >= 0.6 is 23.1 Å². The van der Waals surface area contributed by atoms with Gasteiger partial charge in [-0.05, 0) is 49.8 Å². The van der Waals surface area contributed by atoms with Crippen LogP contribution < -0.4 is 5.32 Å². The van der Waals surface area contributed by atoms with Crippen molar-refractivity contribution in [3.05, 3.63) is 40.4 Å². The molecule has 7 heteroatoms. The number of hydrogen-bond donors (Lipinski definition) is 1. The first-order chi connectivity index (χ1) is 12.6. The second kappa shape index (κ2) is 7.40. The van der Waals surface area contributed by atoms with E-state index in [1.807, 2.05) is 19.1 Å². The second-order valence-corrected chi connectivity index (χ2v) is 8.80. The number of thioether (sulfide) groups is 1. The number of nitrogens with one attached hydrogen (secondary N) is 1. The van der Waals surface area contributed by atoms with Crippen molar-refractivity contribution in [2.24, 2.45) is 5.92 Å². The van der Waals surface area contributed by atoms with Crippen molar-refractivity contribution in [1.82, 2.24) is 15.3 Å². The van der Waals surface area contributed by atoms with Gasteiger partial charge in [0.15, 0.2) is 0 Å². The third-order valence-electron chi connectivity index (χ3n) is 4.61. The number of furan rings is 1. The molecule has 0 radical (unpaired) electrons. The number of fused-ring (bicyclic) bond motifs is 3. The summed E-state index contributed by atoms with van der Waals surface area (Å²) in [6.45, 7) is 4.64. The monoisotopic (exact) mass is 387 g/mol. The summed E-state index contributed by atoms with van der Waals surface area (Å²) in [5, 5.41) is 5.00. The average molecular weight is 388 g/mol. The molecule has 3 aromatic rings. The smallest absolute Gasteiger partial charge is 0.230 e. The molecule has 26 heavy (non-hydrogen) atoms. The maximum atomic E-state index is 12.2. The van der Waals surface area contributed by atoms with Gasteiger partial charge >= 0.3 is 0 Å². The number of amides is 1. The van der Waals surface area contributed by atoms with E-state index in [-0.39, 0.29) is 5.91 Å². The van der Waals surface area contributed by atoms with Gasteiger partial charge in [-0.25, -0.2) is 9.97 Å². The normalized spacial score (nSPS) is 16.6. The Kier molecular flexibility index (Phi) is 5.00. The van der Waals surface area contributed by atoms with Crippen molar-refractivity contribution in [1.29, 1.82) is 0 Å². The molecule has 0 fully saturated rings. The van der Waals surface area contributed by atoms with Gasteiger partial charge in [0.2, 0.25) is 5.91 Å². The molecule has 0 aromatic carbocycles. The van der Waals surface area contributed by atoms with E-state index < -0.39 is 0 Å². The maximum absolute atomic E-state index is 12.2. The fourth-order valence-corrected chi connectivity index (χ4v) is 5.72. The van der Waals surface area contributed by atoms with E-state index in [4.69, 9.17) is 4.42 Å². The Labute approximate surface area is 160 Å². The molecule has 3 heterocycles. The molecule has 1 aliphatic carbocycles. The van der Waals surface area contributed by atoms with Crippen LogP contribution in [0.5, 0.6) is 0 Å². The van der Waals surface area contributed by atoms with E-state index in [9.17, 15) is 4.79 Å². The van der Waals surface area contributed by atoms with Gasteiger partial charge in [0.05, 0.1) is 18.6 Å². The highest BCUT2D eigenvalue weighted by Gasteiger charge is 2.24. The lowest BCUT2D eigenvalue weighted by atomic mass is 9.89. The van der Waals surface area contributed by atoms with Gasteiger partial charge in [-0.3, -0.25) is 4.79 Å². The predicted molar refractivity (Wildman–Crippen MR) is 105 cm³/mol. The largest absolute Gasteiger partial charge is 0.467 e. The first-order valence-corrected chi connectivity index (χ1v) is 10.6. The molecule has 1 N–H and O–H groups in total. The minimum absolute atomic E-state index is 0.0199. The molecule has 136 valence electrons. The van der Waals surface area contributed by atoms with Crippen LogP contribution in [0.4, 0.5) is 0 Å². The zero-order chi connectivity index (χ0) is 18.1. The van der Waals surface area contributed by atoms with Crippen LogP contribution in [0.15, 0.2) is 27.8 Å². The molecule has 0 saturated carbocycles. The van der Waals surface area contributed by atoms with E-state index in [1.54, 1.807) is 17.6 Å². The zero-order valence-electron chi connectivity index (χ0n) is 14.9. The Bertz CT molecular complexity index is 934. The van der Waals surface area contributed by atoms with Gasteiger partial charge in [0.1, 0.15) is 21.4 Å². The number of rotatable bonds is 5. The maximum Gasteiger partial charge on any atom is 0.230 e. The summed E-state index contributed by atoms with van der Waals surface area (Å²) in [6, 6.07) is 3.67. The Morgan fingerprint density at radius 3 is 3.15 bits per heavy atom. The lowest BCUT2D eigenvalue weighted by Gasteiger charge is -2.18. The van der Waals surface area contributed by atoms with E-state index >= 15 is 0 Å². The number of carbonyl (C=O) groups excluding carboxylic acids is 1. The molecule has 0 unspecified atom stereocenters. The van der Waals surface area contributed by atoms with Crippen LogP contribution in [0.2, 0.25) is 0 Å². The summed E-state index contributed by atoms with van der Waals surface area (Å²) in [4.78, 5) is 24.0. The van der Waals surface area contributed by atoms with Crippen LogP contribution in [0, 0.1) is 12.8 Å². The van der Waals surface area contributed by atoms with Crippen LogP contribution in [0.1, 0.15) is 35.4 Å². The summed E-state index contributed by atoms with van der Waals surface area (Å²) in [5.74, 6) is 2.57. The number of hydrogen-bond acceptors (Lipinski definition) is 6. The molecule has 1 atom stereocenters. The third kappa shape index (κ3) is 3.64. The van der Waals surface area contributed by atoms with Crippen LogP contribution in [0.25, 0.3) is 10.2 Å². The third-order valence-corrected chi connectivity index (χ3v) is 6.74. The van der Waals surface area contributed by atoms with Crippen molar-refractivity contribution in [2.45, 2.75) is 44.7 Å². The lowest BCUT2D eigenvalue weighted by Crippen LogP contribution is -2.24. The molecular weight excluding hydrogens is 366 g/mol. The number of aromatic nitrogens is 2. The lowest BCUT2D eigenvalue weighted by molar-refractivity contribution is -0.118. The van der Waals surface area contributed by atoms with E-state index in [1.165, 1.54) is 34.0 Å². The van der Waals surface area contributed by atoms with Gasteiger partial charge in [0, 0.05) is 10.3 Å². The first kappa shape index (κ1) is 17.5. The fourth-order valence-electron chi connectivity index (χ4n) is 3.30. The topological polar surface area (TPSA) is 68.0 Å². The molecule has 0 bridgehead atoms. The Morgan fingerprint density at radius 1 is 1.46 bits per heavy atom. The minimum atomic E-state index is -0.0199. The van der Waals surface area contributed by atoms with Gasteiger partial charge in [-0.2, -0.15) is 0 Å². The van der Waals surface area contributed by atoms with Crippen molar-refractivity contribution >= 4 is 39.2 Å². The van der Waals surface area contributed by atoms with E-state index in [2.05, 4.69) is 22.2 Å². The van der Waals surface area contributed by atoms with Gasteiger partial charge in [-0.1, -0.05) is 18.7 Å². The van der Waals surface area contributed by atoms with Gasteiger partial charge in [-0.15, -0.1) is 11.3 Å². The predicted octanol–water partition coefficient (Wildman–Crippen LogP) is 4.13. The Morgan fingerprint density at radius 2 is 2.35 bits per heavy atom. The molecule has 0 aliphatic heterocycles. The van der Waals surface area contributed by atoms with Crippen LogP contribution in [-0.2, 0) is 24.2 Å². The summed E-state index contributed by atoms with van der Waals surface area (Å²) >= 11 is 3.30. The molecule has 4 rings (SSSR count). The van der Waals surface area contributed by atoms with E-state index in [0.29, 0.717) is 12.3 Å². The van der Waals surface area contributed by atoms with Crippen LogP contribution in [0.3, 0.4) is 0 Å². The zero-order valence-corrected chi connectivity index (χ0v) is 16.5. The molecule has 0 spiro atoms. The Balaban J connectivity index is 1.51. The molecule has 1 amide bonds. The average Bonchev–Trinajstić information content (AvgIpc) is 3.24. The first-order valence-electron chi connectivity index (χ1n) is 8.81. The fraction of sp³-hybridized carbons (Fsp3) is 0.421. The summed E-state index contributed by atoms with van der Waals surface area (Å²) in [6.07, 6.45) is 5.03. The molecule has 3 aromatic heterocycles. The number of aryl methyl sites for hydroxylation is 2. The number of thiophene rings is 1. The summed E-state index contributed by atoms with van der Waals surface area (Å²) in [7, 11) is 0. The number of nitrogens with zero attached hydrogens (tertiary/aromatic N) is 2. The highest BCUT2D eigenvalue weighted by Crippen LogP contribution is 2.40. The molecule has 1 aliphatic rings. The molecule has 5 nitrogen and oxygen atoms in total. The summed E-state index contributed by atoms with van der Waals surface area (Å²) < 4.78 is 5.24. The van der Waals surface area contributed by atoms with Gasteiger partial charge in [0.25, 0.3) is 0 Å². The quantitative estimate of drug-likeness (QED) is 0.527.